The molecule has 2 rings (SSSR count). The van der Waals surface area contributed by atoms with Gasteiger partial charge in [0, 0.05) is 21.0 Å². The van der Waals surface area contributed by atoms with Gasteiger partial charge in [-0.25, -0.2) is 0 Å². The lowest BCUT2D eigenvalue weighted by molar-refractivity contribution is 0.103. The van der Waals surface area contributed by atoms with Crippen molar-refractivity contribution in [1.82, 2.24) is 0 Å². The van der Waals surface area contributed by atoms with Gasteiger partial charge in [0.2, 0.25) is 0 Å². The summed E-state index contributed by atoms with van der Waals surface area (Å²) in [6, 6.07) is 7.15. The first-order valence-corrected chi connectivity index (χ1v) is 6.62. The van der Waals surface area contributed by atoms with Crippen molar-refractivity contribution >= 4 is 47.2 Å². The van der Waals surface area contributed by atoms with E-state index in [2.05, 4.69) is 17.9 Å². The zero-order valence-electron chi connectivity index (χ0n) is 9.03. The lowest BCUT2D eigenvalue weighted by Gasteiger charge is -2.07. The van der Waals surface area contributed by atoms with Crippen LogP contribution in [0, 0.1) is 6.92 Å². The number of hydrogen-bond acceptors (Lipinski definition) is 3. The van der Waals surface area contributed by atoms with Crippen molar-refractivity contribution < 1.29 is 4.79 Å². The predicted octanol–water partition coefficient (Wildman–Crippen LogP) is 4.25. The second-order valence-corrected chi connectivity index (χ2v) is 5.45. The van der Waals surface area contributed by atoms with Gasteiger partial charge in [0.15, 0.2) is 0 Å². The van der Waals surface area contributed by atoms with Crippen LogP contribution in [0.4, 0.5) is 5.69 Å². The highest BCUT2D eigenvalue weighted by Crippen LogP contribution is 2.23. The first kappa shape index (κ1) is 12.5. The molecule has 0 atom stereocenters. The molecule has 0 unspecified atom stereocenters. The molecular formula is C12H10ClNOS2. The summed E-state index contributed by atoms with van der Waals surface area (Å²) in [7, 11) is 0. The zero-order chi connectivity index (χ0) is 12.4. The summed E-state index contributed by atoms with van der Waals surface area (Å²) < 4.78 is 0. The summed E-state index contributed by atoms with van der Waals surface area (Å²) in [5.41, 5.74) is 1.71. The van der Waals surface area contributed by atoms with Crippen molar-refractivity contribution in [2.24, 2.45) is 0 Å². The van der Waals surface area contributed by atoms with E-state index in [-0.39, 0.29) is 5.91 Å². The molecule has 1 aromatic carbocycles. The quantitative estimate of drug-likeness (QED) is 0.793. The van der Waals surface area contributed by atoms with E-state index < -0.39 is 0 Å². The fraction of sp³-hybridized carbons (Fsp3) is 0.0833. The molecule has 5 heteroatoms. The van der Waals surface area contributed by atoms with E-state index in [4.69, 9.17) is 11.6 Å². The maximum atomic E-state index is 11.9. The standard InChI is InChI=1S/C12H10ClNOS2/c1-7-2-3-8(13)4-10(7)14-12(15)11-5-9(16)6-17-11/h2-6,16H,1H3,(H,14,15). The van der Waals surface area contributed by atoms with E-state index in [0.29, 0.717) is 9.90 Å². The first-order chi connectivity index (χ1) is 8.06. The van der Waals surface area contributed by atoms with Crippen molar-refractivity contribution in [3.8, 4) is 0 Å². The van der Waals surface area contributed by atoms with Gasteiger partial charge < -0.3 is 5.32 Å². The molecule has 0 spiro atoms. The molecule has 0 saturated carbocycles. The monoisotopic (exact) mass is 283 g/mol. The second-order valence-electron chi connectivity index (χ2n) is 3.58. The minimum atomic E-state index is -0.138. The Morgan fingerprint density at radius 1 is 1.41 bits per heavy atom. The molecule has 2 nitrogen and oxygen atoms in total. The van der Waals surface area contributed by atoms with Gasteiger partial charge in [0.1, 0.15) is 0 Å². The number of amides is 1. The topological polar surface area (TPSA) is 29.1 Å². The van der Waals surface area contributed by atoms with Crippen LogP contribution in [-0.2, 0) is 0 Å². The largest absolute Gasteiger partial charge is 0.321 e. The van der Waals surface area contributed by atoms with Crippen LogP contribution in [0.5, 0.6) is 0 Å². The zero-order valence-corrected chi connectivity index (χ0v) is 11.5. The molecule has 0 bridgehead atoms. The number of carbonyl (C=O) groups is 1. The van der Waals surface area contributed by atoms with Crippen molar-refractivity contribution in [2.45, 2.75) is 11.8 Å². The van der Waals surface area contributed by atoms with Crippen LogP contribution >= 0.6 is 35.6 Å². The molecule has 0 aliphatic heterocycles. The van der Waals surface area contributed by atoms with Crippen LogP contribution in [0.2, 0.25) is 5.02 Å². The van der Waals surface area contributed by atoms with Gasteiger partial charge in [-0.3, -0.25) is 4.79 Å². The molecule has 0 aliphatic rings. The van der Waals surface area contributed by atoms with E-state index in [1.807, 2.05) is 18.4 Å². The van der Waals surface area contributed by atoms with Crippen molar-refractivity contribution in [1.29, 1.82) is 0 Å². The summed E-state index contributed by atoms with van der Waals surface area (Å²) in [6.45, 7) is 1.92. The van der Waals surface area contributed by atoms with Gasteiger partial charge in [0.05, 0.1) is 4.88 Å². The Bertz CT molecular complexity index is 565. The lowest BCUT2D eigenvalue weighted by atomic mass is 10.2. The van der Waals surface area contributed by atoms with Gasteiger partial charge in [-0.05, 0) is 30.7 Å². The number of aryl methyl sites for hydroxylation is 1. The second kappa shape index (κ2) is 5.12. The Labute approximate surface area is 114 Å². The third-order valence-corrected chi connectivity index (χ3v) is 3.85. The summed E-state index contributed by atoms with van der Waals surface area (Å²) >= 11 is 11.4. The Kier molecular flexibility index (Phi) is 3.76. The van der Waals surface area contributed by atoms with E-state index >= 15 is 0 Å². The molecule has 1 amide bonds. The highest BCUT2D eigenvalue weighted by atomic mass is 35.5. The van der Waals surface area contributed by atoms with Crippen LogP contribution in [0.1, 0.15) is 15.2 Å². The van der Waals surface area contributed by atoms with Crippen molar-refractivity contribution in [3.05, 3.63) is 45.1 Å². The first-order valence-electron chi connectivity index (χ1n) is 4.91. The lowest BCUT2D eigenvalue weighted by Crippen LogP contribution is -2.11. The van der Waals surface area contributed by atoms with Crippen LogP contribution in [0.25, 0.3) is 0 Å². The molecule has 88 valence electrons. The predicted molar refractivity (Wildman–Crippen MR) is 75.7 cm³/mol. The van der Waals surface area contributed by atoms with Gasteiger partial charge >= 0.3 is 0 Å². The molecule has 0 radical (unpaired) electrons. The maximum absolute atomic E-state index is 11.9. The summed E-state index contributed by atoms with van der Waals surface area (Å²) in [6.07, 6.45) is 0. The summed E-state index contributed by atoms with van der Waals surface area (Å²) in [5, 5.41) is 5.26. The third-order valence-electron chi connectivity index (χ3n) is 2.26. The Morgan fingerprint density at radius 3 is 2.82 bits per heavy atom. The van der Waals surface area contributed by atoms with Gasteiger partial charge in [-0.1, -0.05) is 17.7 Å². The SMILES string of the molecule is Cc1ccc(Cl)cc1NC(=O)c1cc(S)cs1. The van der Waals surface area contributed by atoms with E-state index in [1.165, 1.54) is 11.3 Å². The number of thiophene rings is 1. The molecule has 0 fully saturated rings. The Hall–Kier alpha value is -0.970. The summed E-state index contributed by atoms with van der Waals surface area (Å²) in [5.74, 6) is -0.138. The average Bonchev–Trinajstić information content (AvgIpc) is 2.70. The average molecular weight is 284 g/mol. The fourth-order valence-corrected chi connectivity index (χ4v) is 2.57. The highest BCUT2D eigenvalue weighted by molar-refractivity contribution is 7.80. The van der Waals surface area contributed by atoms with Crippen molar-refractivity contribution in [3.63, 3.8) is 0 Å². The normalized spacial score (nSPS) is 10.3. The number of anilines is 1. The Morgan fingerprint density at radius 2 is 2.18 bits per heavy atom. The van der Waals surface area contributed by atoms with E-state index in [0.717, 1.165) is 16.1 Å². The number of carbonyl (C=O) groups excluding carboxylic acids is 1. The minimum Gasteiger partial charge on any atom is -0.321 e. The Balaban J connectivity index is 2.21. The number of benzene rings is 1. The number of hydrogen-bond donors (Lipinski definition) is 2. The highest BCUT2D eigenvalue weighted by Gasteiger charge is 2.10. The smallest absolute Gasteiger partial charge is 0.265 e. The molecule has 2 aromatic rings. The van der Waals surface area contributed by atoms with Crippen molar-refractivity contribution in [2.75, 3.05) is 5.32 Å². The third kappa shape index (κ3) is 3.03. The van der Waals surface area contributed by atoms with Crippen LogP contribution < -0.4 is 5.32 Å². The van der Waals surface area contributed by atoms with Crippen LogP contribution in [-0.4, -0.2) is 5.91 Å². The van der Waals surface area contributed by atoms with E-state index in [1.54, 1.807) is 18.2 Å². The molecule has 17 heavy (non-hydrogen) atoms. The van der Waals surface area contributed by atoms with Crippen LogP contribution in [0.3, 0.4) is 0 Å². The number of nitrogens with one attached hydrogen (secondary N) is 1. The van der Waals surface area contributed by atoms with Gasteiger partial charge in [-0.2, -0.15) is 0 Å². The van der Waals surface area contributed by atoms with Gasteiger partial charge in [0.25, 0.3) is 5.91 Å². The molecule has 1 heterocycles. The number of halogens is 1. The maximum Gasteiger partial charge on any atom is 0.265 e. The minimum absolute atomic E-state index is 0.138. The molecular weight excluding hydrogens is 274 g/mol. The molecule has 1 N–H and O–H groups in total. The molecule has 0 aliphatic carbocycles. The molecule has 1 aromatic heterocycles. The fourth-order valence-electron chi connectivity index (χ4n) is 1.36. The number of thiol groups is 1. The number of rotatable bonds is 2. The molecule has 0 saturated heterocycles. The van der Waals surface area contributed by atoms with E-state index in [9.17, 15) is 4.79 Å². The summed E-state index contributed by atoms with van der Waals surface area (Å²) in [4.78, 5) is 13.3. The van der Waals surface area contributed by atoms with Crippen LogP contribution in [0.15, 0.2) is 34.5 Å². The van der Waals surface area contributed by atoms with Gasteiger partial charge in [-0.15, -0.1) is 24.0 Å².